The quantitative estimate of drug-likeness (QED) is 0.868. The summed E-state index contributed by atoms with van der Waals surface area (Å²) in [4.78, 5) is 5.43. The topological polar surface area (TPSA) is 34.1 Å². The Balaban J connectivity index is 2.15. The van der Waals surface area contributed by atoms with E-state index in [1.807, 2.05) is 17.8 Å². The SMILES string of the molecule is CCNC(Cc1ccc(OC)c(Br)c1)c1cncs1. The molecule has 5 heteroatoms. The number of thiazole rings is 1. The first-order chi connectivity index (χ1) is 9.24. The van der Waals surface area contributed by atoms with Crippen LogP contribution in [0.5, 0.6) is 5.75 Å². The van der Waals surface area contributed by atoms with Gasteiger partial charge in [-0.05, 0) is 46.6 Å². The van der Waals surface area contributed by atoms with Gasteiger partial charge in [-0.3, -0.25) is 4.98 Å². The molecule has 1 aromatic carbocycles. The molecule has 0 aliphatic heterocycles. The zero-order valence-electron chi connectivity index (χ0n) is 11.0. The van der Waals surface area contributed by atoms with Crippen LogP contribution in [0.4, 0.5) is 0 Å². The van der Waals surface area contributed by atoms with E-state index in [-0.39, 0.29) is 0 Å². The van der Waals surface area contributed by atoms with E-state index in [4.69, 9.17) is 4.74 Å². The van der Waals surface area contributed by atoms with Crippen LogP contribution >= 0.6 is 27.3 Å². The molecule has 2 rings (SSSR count). The third-order valence-corrected chi connectivity index (χ3v) is 4.41. The van der Waals surface area contributed by atoms with Crippen molar-refractivity contribution < 1.29 is 4.74 Å². The van der Waals surface area contributed by atoms with Gasteiger partial charge in [0.1, 0.15) is 5.75 Å². The highest BCUT2D eigenvalue weighted by molar-refractivity contribution is 9.10. The van der Waals surface area contributed by atoms with E-state index in [1.54, 1.807) is 18.4 Å². The normalized spacial score (nSPS) is 12.4. The summed E-state index contributed by atoms with van der Waals surface area (Å²) in [5, 5.41) is 3.51. The van der Waals surface area contributed by atoms with Gasteiger partial charge in [0.2, 0.25) is 0 Å². The van der Waals surface area contributed by atoms with Crippen LogP contribution in [0.3, 0.4) is 0 Å². The zero-order chi connectivity index (χ0) is 13.7. The first-order valence-corrected chi connectivity index (χ1v) is 7.86. The van der Waals surface area contributed by atoms with Gasteiger partial charge < -0.3 is 10.1 Å². The van der Waals surface area contributed by atoms with E-state index in [0.29, 0.717) is 6.04 Å². The number of rotatable bonds is 6. The molecule has 0 spiro atoms. The lowest BCUT2D eigenvalue weighted by molar-refractivity contribution is 0.412. The maximum atomic E-state index is 5.25. The number of aromatic nitrogens is 1. The van der Waals surface area contributed by atoms with Crippen molar-refractivity contribution >= 4 is 27.3 Å². The molecule has 1 heterocycles. The molecule has 2 aromatic rings. The van der Waals surface area contributed by atoms with Crippen LogP contribution < -0.4 is 10.1 Å². The van der Waals surface area contributed by atoms with Crippen molar-refractivity contribution in [3.05, 3.63) is 44.8 Å². The minimum Gasteiger partial charge on any atom is -0.496 e. The molecule has 0 saturated carbocycles. The number of likely N-dealkylation sites (N-methyl/N-ethyl adjacent to an activating group) is 1. The fourth-order valence-corrected chi connectivity index (χ4v) is 3.27. The van der Waals surface area contributed by atoms with Gasteiger partial charge in [-0.2, -0.15) is 0 Å². The van der Waals surface area contributed by atoms with E-state index in [9.17, 15) is 0 Å². The molecule has 3 nitrogen and oxygen atoms in total. The molecule has 1 unspecified atom stereocenters. The molecule has 0 amide bonds. The minimum atomic E-state index is 0.317. The Morgan fingerprint density at radius 3 is 2.89 bits per heavy atom. The third kappa shape index (κ3) is 3.78. The first kappa shape index (κ1) is 14.5. The smallest absolute Gasteiger partial charge is 0.133 e. The van der Waals surface area contributed by atoms with Crippen molar-refractivity contribution in [2.45, 2.75) is 19.4 Å². The molecule has 102 valence electrons. The summed E-state index contributed by atoms with van der Waals surface area (Å²) in [6, 6.07) is 6.53. The molecule has 0 bridgehead atoms. The first-order valence-electron chi connectivity index (χ1n) is 6.18. The van der Waals surface area contributed by atoms with Crippen LogP contribution in [0, 0.1) is 0 Å². The van der Waals surface area contributed by atoms with E-state index in [0.717, 1.165) is 23.2 Å². The summed E-state index contributed by atoms with van der Waals surface area (Å²) < 4.78 is 6.25. The molecule has 0 radical (unpaired) electrons. The van der Waals surface area contributed by atoms with E-state index < -0.39 is 0 Å². The second kappa shape index (κ2) is 7.03. The Morgan fingerprint density at radius 1 is 1.47 bits per heavy atom. The molecule has 0 saturated heterocycles. The number of hydrogen-bond donors (Lipinski definition) is 1. The Morgan fingerprint density at radius 2 is 2.32 bits per heavy atom. The second-order valence-electron chi connectivity index (χ2n) is 4.19. The second-order valence-corrected chi connectivity index (χ2v) is 5.96. The van der Waals surface area contributed by atoms with Gasteiger partial charge in [0, 0.05) is 17.1 Å². The van der Waals surface area contributed by atoms with Crippen LogP contribution in [0.2, 0.25) is 0 Å². The Bertz CT molecular complexity index is 516. The summed E-state index contributed by atoms with van der Waals surface area (Å²) in [5.41, 5.74) is 3.15. The number of benzene rings is 1. The number of methoxy groups -OCH3 is 1. The highest BCUT2D eigenvalue weighted by atomic mass is 79.9. The summed E-state index contributed by atoms with van der Waals surface area (Å²) in [5.74, 6) is 0.863. The van der Waals surface area contributed by atoms with Crippen LogP contribution in [0.1, 0.15) is 23.4 Å². The van der Waals surface area contributed by atoms with E-state index >= 15 is 0 Å². The summed E-state index contributed by atoms with van der Waals surface area (Å²) in [6.45, 7) is 3.07. The molecule has 0 fully saturated rings. The average Bonchev–Trinajstić information content (AvgIpc) is 2.92. The number of hydrogen-bond acceptors (Lipinski definition) is 4. The lowest BCUT2D eigenvalue weighted by Gasteiger charge is -2.16. The lowest BCUT2D eigenvalue weighted by Crippen LogP contribution is -2.22. The van der Waals surface area contributed by atoms with E-state index in [2.05, 4.69) is 45.3 Å². The molecule has 1 aromatic heterocycles. The summed E-state index contributed by atoms with van der Waals surface area (Å²) in [7, 11) is 1.68. The van der Waals surface area contributed by atoms with Crippen molar-refractivity contribution in [1.29, 1.82) is 0 Å². The van der Waals surface area contributed by atoms with Crippen LogP contribution in [0.25, 0.3) is 0 Å². The van der Waals surface area contributed by atoms with Gasteiger partial charge in [0.05, 0.1) is 17.1 Å². The number of nitrogens with one attached hydrogen (secondary N) is 1. The minimum absolute atomic E-state index is 0.317. The predicted molar refractivity (Wildman–Crippen MR) is 82.9 cm³/mol. The summed E-state index contributed by atoms with van der Waals surface area (Å²) >= 11 is 5.22. The zero-order valence-corrected chi connectivity index (χ0v) is 13.4. The maximum absolute atomic E-state index is 5.25. The maximum Gasteiger partial charge on any atom is 0.133 e. The number of halogens is 1. The van der Waals surface area contributed by atoms with Crippen molar-refractivity contribution in [2.75, 3.05) is 13.7 Å². The Kier molecular flexibility index (Phi) is 5.36. The lowest BCUT2D eigenvalue weighted by atomic mass is 10.0. The monoisotopic (exact) mass is 340 g/mol. The van der Waals surface area contributed by atoms with E-state index in [1.165, 1.54) is 10.4 Å². The number of ether oxygens (including phenoxy) is 1. The van der Waals surface area contributed by atoms with Crippen molar-refractivity contribution in [1.82, 2.24) is 10.3 Å². The van der Waals surface area contributed by atoms with Crippen LogP contribution in [0.15, 0.2) is 34.4 Å². The van der Waals surface area contributed by atoms with Crippen molar-refractivity contribution in [3.63, 3.8) is 0 Å². The molecule has 19 heavy (non-hydrogen) atoms. The average molecular weight is 341 g/mol. The fourth-order valence-electron chi connectivity index (χ4n) is 1.99. The third-order valence-electron chi connectivity index (χ3n) is 2.90. The number of nitrogens with zero attached hydrogens (tertiary/aromatic N) is 1. The Hall–Kier alpha value is -0.910. The van der Waals surface area contributed by atoms with Gasteiger partial charge in [-0.15, -0.1) is 11.3 Å². The van der Waals surface area contributed by atoms with Gasteiger partial charge in [-0.25, -0.2) is 0 Å². The highest BCUT2D eigenvalue weighted by Crippen LogP contribution is 2.28. The molecule has 1 N–H and O–H groups in total. The fraction of sp³-hybridized carbons (Fsp3) is 0.357. The van der Waals surface area contributed by atoms with Crippen LogP contribution in [-0.4, -0.2) is 18.6 Å². The van der Waals surface area contributed by atoms with Crippen molar-refractivity contribution in [2.24, 2.45) is 0 Å². The molecule has 0 aliphatic carbocycles. The molecule has 1 atom stereocenters. The van der Waals surface area contributed by atoms with Gasteiger partial charge in [0.25, 0.3) is 0 Å². The molecule has 0 aliphatic rings. The van der Waals surface area contributed by atoms with Crippen molar-refractivity contribution in [3.8, 4) is 5.75 Å². The largest absolute Gasteiger partial charge is 0.496 e. The van der Waals surface area contributed by atoms with Gasteiger partial charge in [0.15, 0.2) is 0 Å². The highest BCUT2D eigenvalue weighted by Gasteiger charge is 2.13. The van der Waals surface area contributed by atoms with Gasteiger partial charge in [-0.1, -0.05) is 13.0 Å². The Labute approximate surface area is 126 Å². The summed E-state index contributed by atoms with van der Waals surface area (Å²) in [6.07, 6.45) is 2.88. The molecular weight excluding hydrogens is 324 g/mol. The predicted octanol–water partition coefficient (Wildman–Crippen LogP) is 3.81. The van der Waals surface area contributed by atoms with Gasteiger partial charge >= 0.3 is 0 Å². The standard InChI is InChI=1S/C14H17BrN2OS/c1-3-17-12(14-8-16-9-19-14)7-10-4-5-13(18-2)11(15)6-10/h4-6,8-9,12,17H,3,7H2,1-2H3. The van der Waals surface area contributed by atoms with Crippen LogP contribution in [-0.2, 0) is 6.42 Å². The molecular formula is C14H17BrN2OS.